The normalized spacial score (nSPS) is 16.6. The van der Waals surface area contributed by atoms with Gasteiger partial charge in [0.05, 0.1) is 23.7 Å². The van der Waals surface area contributed by atoms with Gasteiger partial charge in [0.25, 0.3) is 5.91 Å². The zero-order chi connectivity index (χ0) is 19.4. The van der Waals surface area contributed by atoms with E-state index in [1.807, 2.05) is 13.8 Å². The topological polar surface area (TPSA) is 97.2 Å². The third-order valence-corrected chi connectivity index (χ3v) is 6.71. The molecule has 0 aliphatic carbocycles. The van der Waals surface area contributed by atoms with Gasteiger partial charge in [-0.15, -0.1) is 5.10 Å². The first-order chi connectivity index (χ1) is 12.9. The zero-order valence-corrected chi connectivity index (χ0v) is 16.4. The van der Waals surface area contributed by atoms with Crippen LogP contribution in [0.5, 0.6) is 0 Å². The van der Waals surface area contributed by atoms with Gasteiger partial charge < -0.3 is 5.32 Å². The lowest BCUT2D eigenvalue weighted by atomic mass is 10.0. The third kappa shape index (κ3) is 4.54. The van der Waals surface area contributed by atoms with Gasteiger partial charge in [0, 0.05) is 24.8 Å². The van der Waals surface area contributed by atoms with Crippen molar-refractivity contribution in [2.75, 3.05) is 13.1 Å². The summed E-state index contributed by atoms with van der Waals surface area (Å²) in [5.74, 6) is -0.0353. The number of carbonyl (C=O) groups is 1. The van der Waals surface area contributed by atoms with E-state index >= 15 is 0 Å². The van der Waals surface area contributed by atoms with E-state index in [0.717, 1.165) is 12.8 Å². The first kappa shape index (κ1) is 19.5. The minimum absolute atomic E-state index is 0.118. The van der Waals surface area contributed by atoms with Crippen molar-refractivity contribution in [3.8, 4) is 0 Å². The fraction of sp³-hybridized carbons (Fsp3) is 0.500. The van der Waals surface area contributed by atoms with E-state index in [-0.39, 0.29) is 22.8 Å². The van der Waals surface area contributed by atoms with Crippen molar-refractivity contribution in [1.82, 2.24) is 24.6 Å². The predicted octanol–water partition coefficient (Wildman–Crippen LogP) is 1.52. The summed E-state index contributed by atoms with van der Waals surface area (Å²) in [6, 6.07) is 6.01. The second-order valence-corrected chi connectivity index (χ2v) is 9.02. The lowest BCUT2D eigenvalue weighted by Gasteiger charge is -2.22. The molecule has 0 saturated carbocycles. The smallest absolute Gasteiger partial charge is 0.251 e. The van der Waals surface area contributed by atoms with Gasteiger partial charge in [0.2, 0.25) is 10.0 Å². The summed E-state index contributed by atoms with van der Waals surface area (Å²) in [6.45, 7) is 5.68. The van der Waals surface area contributed by atoms with Gasteiger partial charge in [-0.3, -0.25) is 9.48 Å². The van der Waals surface area contributed by atoms with Crippen LogP contribution in [0.2, 0.25) is 0 Å². The average molecular weight is 391 g/mol. The first-order valence-electron chi connectivity index (χ1n) is 9.13. The van der Waals surface area contributed by atoms with Crippen LogP contribution in [-0.4, -0.2) is 52.8 Å². The fourth-order valence-corrected chi connectivity index (χ4v) is 4.58. The Morgan fingerprint density at radius 1 is 1.19 bits per heavy atom. The number of hydrogen-bond acceptors (Lipinski definition) is 5. The summed E-state index contributed by atoms with van der Waals surface area (Å²) >= 11 is 0. The lowest BCUT2D eigenvalue weighted by molar-refractivity contribution is 0.0919. The van der Waals surface area contributed by atoms with E-state index < -0.39 is 10.0 Å². The molecule has 1 unspecified atom stereocenters. The number of carbonyl (C=O) groups excluding carboxylic acids is 1. The first-order valence-corrected chi connectivity index (χ1v) is 10.6. The Morgan fingerprint density at radius 3 is 2.41 bits per heavy atom. The second-order valence-electron chi connectivity index (χ2n) is 7.08. The summed E-state index contributed by atoms with van der Waals surface area (Å²) in [7, 11) is -3.47. The van der Waals surface area contributed by atoms with E-state index in [2.05, 4.69) is 15.6 Å². The van der Waals surface area contributed by atoms with Crippen LogP contribution in [0, 0.1) is 5.92 Å². The third-order valence-electron chi connectivity index (χ3n) is 4.80. The van der Waals surface area contributed by atoms with E-state index in [1.165, 1.54) is 16.4 Å². The molecular weight excluding hydrogens is 366 g/mol. The lowest BCUT2D eigenvalue weighted by Crippen LogP contribution is -2.41. The molecule has 0 radical (unpaired) electrons. The van der Waals surface area contributed by atoms with Gasteiger partial charge in [-0.05, 0) is 43.0 Å². The summed E-state index contributed by atoms with van der Waals surface area (Å²) < 4.78 is 28.3. The molecule has 1 aromatic heterocycles. The molecule has 1 amide bonds. The quantitative estimate of drug-likeness (QED) is 0.772. The maximum atomic E-state index is 12.6. The maximum Gasteiger partial charge on any atom is 0.251 e. The van der Waals surface area contributed by atoms with Crippen LogP contribution in [0.4, 0.5) is 0 Å². The summed E-state index contributed by atoms with van der Waals surface area (Å²) in [6.07, 6.45) is 5.13. The van der Waals surface area contributed by atoms with E-state index in [9.17, 15) is 13.2 Å². The molecule has 1 atom stereocenters. The summed E-state index contributed by atoms with van der Waals surface area (Å²) in [5, 5.41) is 10.7. The Morgan fingerprint density at radius 2 is 1.85 bits per heavy atom. The summed E-state index contributed by atoms with van der Waals surface area (Å²) in [4.78, 5) is 12.8. The van der Waals surface area contributed by atoms with Crippen molar-refractivity contribution in [2.24, 2.45) is 5.92 Å². The Balaban J connectivity index is 1.69. The van der Waals surface area contributed by atoms with E-state index in [0.29, 0.717) is 25.2 Å². The van der Waals surface area contributed by atoms with Gasteiger partial charge in [0.1, 0.15) is 0 Å². The molecule has 1 N–H and O–H groups in total. The highest BCUT2D eigenvalue weighted by Crippen LogP contribution is 2.21. The highest BCUT2D eigenvalue weighted by molar-refractivity contribution is 7.89. The molecule has 2 aromatic rings. The number of rotatable bonds is 7. The number of hydrogen-bond donors (Lipinski definition) is 1. The second kappa shape index (κ2) is 8.18. The van der Waals surface area contributed by atoms with Crippen molar-refractivity contribution in [3.05, 3.63) is 42.2 Å². The van der Waals surface area contributed by atoms with Gasteiger partial charge in [0.15, 0.2) is 0 Å². The largest absolute Gasteiger partial charge is 0.347 e. The number of benzene rings is 1. The Kier molecular flexibility index (Phi) is 5.91. The molecule has 0 bridgehead atoms. The van der Waals surface area contributed by atoms with Gasteiger partial charge >= 0.3 is 0 Å². The van der Waals surface area contributed by atoms with Crippen molar-refractivity contribution in [3.63, 3.8) is 0 Å². The number of amides is 1. The Labute approximate surface area is 159 Å². The van der Waals surface area contributed by atoms with Gasteiger partial charge in [-0.2, -0.15) is 4.31 Å². The molecule has 1 aliphatic rings. The Hall–Kier alpha value is -2.26. The minimum atomic E-state index is -3.47. The van der Waals surface area contributed by atoms with Crippen LogP contribution in [-0.2, 0) is 16.6 Å². The molecule has 3 rings (SSSR count). The molecule has 1 saturated heterocycles. The molecule has 1 aliphatic heterocycles. The monoisotopic (exact) mass is 391 g/mol. The number of aromatic nitrogens is 3. The molecule has 8 nitrogen and oxygen atoms in total. The van der Waals surface area contributed by atoms with Crippen LogP contribution in [0.1, 0.15) is 37.0 Å². The average Bonchev–Trinajstić information content (AvgIpc) is 3.35. The van der Waals surface area contributed by atoms with Crippen molar-refractivity contribution >= 4 is 15.9 Å². The molecule has 1 aromatic carbocycles. The summed E-state index contributed by atoms with van der Waals surface area (Å²) in [5.41, 5.74) is 0.430. The Bertz CT molecular complexity index is 857. The maximum absolute atomic E-state index is 12.6. The van der Waals surface area contributed by atoms with Crippen molar-refractivity contribution in [2.45, 2.75) is 44.2 Å². The number of nitrogens with one attached hydrogen (secondary N) is 1. The van der Waals surface area contributed by atoms with E-state index in [4.69, 9.17) is 0 Å². The van der Waals surface area contributed by atoms with Crippen molar-refractivity contribution in [1.29, 1.82) is 0 Å². The highest BCUT2D eigenvalue weighted by Gasteiger charge is 2.27. The van der Waals surface area contributed by atoms with Crippen LogP contribution >= 0.6 is 0 Å². The van der Waals surface area contributed by atoms with Crippen LogP contribution < -0.4 is 5.32 Å². The van der Waals surface area contributed by atoms with Gasteiger partial charge in [-0.1, -0.05) is 19.1 Å². The number of sulfonamides is 1. The molecule has 1 fully saturated rings. The van der Waals surface area contributed by atoms with Crippen LogP contribution in [0.25, 0.3) is 0 Å². The molecule has 146 valence electrons. The molecule has 2 heterocycles. The van der Waals surface area contributed by atoms with Crippen LogP contribution in [0.15, 0.2) is 41.6 Å². The predicted molar refractivity (Wildman–Crippen MR) is 101 cm³/mol. The van der Waals surface area contributed by atoms with Crippen LogP contribution in [0.3, 0.4) is 0 Å². The molecule has 0 spiro atoms. The van der Waals surface area contributed by atoms with E-state index in [1.54, 1.807) is 29.2 Å². The molecule has 9 heteroatoms. The number of nitrogens with zero attached hydrogens (tertiary/aromatic N) is 4. The molecule has 27 heavy (non-hydrogen) atoms. The SMILES string of the molecule is CC(C)C(Cn1ccnn1)NC(=O)c1ccc(S(=O)(=O)N2CCCC2)cc1. The molecular formula is C18H25N5O3S. The zero-order valence-electron chi connectivity index (χ0n) is 15.6. The van der Waals surface area contributed by atoms with Gasteiger partial charge in [-0.25, -0.2) is 8.42 Å². The van der Waals surface area contributed by atoms with Crippen molar-refractivity contribution < 1.29 is 13.2 Å². The standard InChI is InChI=1S/C18H25N5O3S/c1-14(2)17(13-22-12-9-19-21-22)20-18(24)15-5-7-16(8-6-15)27(25,26)23-10-3-4-11-23/h5-9,12,14,17H,3-4,10-11,13H2,1-2H3,(H,20,24). The highest BCUT2D eigenvalue weighted by atomic mass is 32.2. The minimum Gasteiger partial charge on any atom is -0.347 e. The fourth-order valence-electron chi connectivity index (χ4n) is 3.06.